The highest BCUT2D eigenvalue weighted by atomic mass is 16.2. The minimum atomic E-state index is 0.108. The predicted octanol–water partition coefficient (Wildman–Crippen LogP) is 2.13. The molecule has 0 bridgehead atoms. The third-order valence-corrected chi connectivity index (χ3v) is 5.43. The van der Waals surface area contributed by atoms with Crippen LogP contribution in [0.1, 0.15) is 29.9 Å². The molecule has 1 amide bonds. The first-order chi connectivity index (χ1) is 12.7. The highest BCUT2D eigenvalue weighted by Crippen LogP contribution is 2.48. The molecule has 6 heteroatoms. The lowest BCUT2D eigenvalue weighted by molar-refractivity contribution is -0.132. The van der Waals surface area contributed by atoms with Crippen LogP contribution in [0.3, 0.4) is 0 Å². The van der Waals surface area contributed by atoms with Gasteiger partial charge in [0.25, 0.3) is 0 Å². The number of anilines is 1. The van der Waals surface area contributed by atoms with Gasteiger partial charge in [-0.3, -0.25) is 9.48 Å². The van der Waals surface area contributed by atoms with Crippen LogP contribution in [0, 0.1) is 17.2 Å². The van der Waals surface area contributed by atoms with Gasteiger partial charge in [0.15, 0.2) is 0 Å². The Morgan fingerprint density at radius 1 is 1.23 bits per heavy atom. The van der Waals surface area contributed by atoms with Crippen molar-refractivity contribution in [2.45, 2.75) is 18.8 Å². The lowest BCUT2D eigenvalue weighted by atomic mass is 10.1. The number of benzene rings is 1. The van der Waals surface area contributed by atoms with Crippen LogP contribution < -0.4 is 4.90 Å². The minimum absolute atomic E-state index is 0.108. The van der Waals surface area contributed by atoms with Crippen molar-refractivity contribution in [2.24, 2.45) is 13.0 Å². The molecule has 1 saturated carbocycles. The monoisotopic (exact) mass is 349 g/mol. The average molecular weight is 349 g/mol. The number of aromatic nitrogens is 2. The molecular formula is C20H23N5O. The summed E-state index contributed by atoms with van der Waals surface area (Å²) in [5.74, 6) is 0.710. The van der Waals surface area contributed by atoms with Gasteiger partial charge in [-0.1, -0.05) is 12.1 Å². The highest BCUT2D eigenvalue weighted by molar-refractivity contribution is 5.83. The van der Waals surface area contributed by atoms with E-state index in [1.165, 1.54) is 5.56 Å². The summed E-state index contributed by atoms with van der Waals surface area (Å²) in [6.07, 6.45) is 5.75. The number of hydrogen-bond donors (Lipinski definition) is 0. The third-order valence-electron chi connectivity index (χ3n) is 5.43. The average Bonchev–Trinajstić information content (AvgIpc) is 3.40. The van der Waals surface area contributed by atoms with Gasteiger partial charge in [0.2, 0.25) is 5.91 Å². The Morgan fingerprint density at radius 3 is 2.85 bits per heavy atom. The van der Waals surface area contributed by atoms with Gasteiger partial charge in [-0.25, -0.2) is 0 Å². The fourth-order valence-electron chi connectivity index (χ4n) is 3.93. The molecule has 0 radical (unpaired) electrons. The second-order valence-electron chi connectivity index (χ2n) is 7.19. The van der Waals surface area contributed by atoms with Gasteiger partial charge in [0.1, 0.15) is 6.07 Å². The maximum atomic E-state index is 12.9. The van der Waals surface area contributed by atoms with Crippen LogP contribution in [0.15, 0.2) is 36.7 Å². The van der Waals surface area contributed by atoms with Gasteiger partial charge in [-0.2, -0.15) is 10.4 Å². The number of amides is 1. The Morgan fingerprint density at radius 2 is 2.08 bits per heavy atom. The summed E-state index contributed by atoms with van der Waals surface area (Å²) in [5, 5.41) is 13.5. The van der Waals surface area contributed by atoms with E-state index < -0.39 is 0 Å². The minimum Gasteiger partial charge on any atom is -0.369 e. The Hall–Kier alpha value is -2.81. The smallest absolute Gasteiger partial charge is 0.226 e. The SMILES string of the molecule is Cn1cc([C@@H]2C[C@@H]2C(=O)N2CCCN(c3ccccc3C#N)CC2)cn1. The van der Waals surface area contributed by atoms with E-state index in [9.17, 15) is 10.1 Å². The Bertz CT molecular complexity index is 852. The molecule has 0 N–H and O–H groups in total. The molecule has 134 valence electrons. The maximum absolute atomic E-state index is 12.9. The number of carbonyl (C=O) groups is 1. The molecule has 0 spiro atoms. The van der Waals surface area contributed by atoms with Crippen molar-refractivity contribution >= 4 is 11.6 Å². The van der Waals surface area contributed by atoms with Gasteiger partial charge in [-0.05, 0) is 36.5 Å². The molecule has 1 aromatic carbocycles. The molecule has 4 rings (SSSR count). The normalized spacial score (nSPS) is 22.6. The number of rotatable bonds is 3. The Kier molecular flexibility index (Phi) is 4.37. The summed E-state index contributed by atoms with van der Waals surface area (Å²) in [5.41, 5.74) is 2.85. The topological polar surface area (TPSA) is 65.2 Å². The molecule has 0 unspecified atom stereocenters. The lowest BCUT2D eigenvalue weighted by Gasteiger charge is -2.24. The summed E-state index contributed by atoms with van der Waals surface area (Å²) in [6.45, 7) is 3.16. The lowest BCUT2D eigenvalue weighted by Crippen LogP contribution is -2.36. The van der Waals surface area contributed by atoms with Gasteiger partial charge in [-0.15, -0.1) is 0 Å². The molecule has 2 atom stereocenters. The number of hydrogen-bond acceptors (Lipinski definition) is 4. The van der Waals surface area contributed by atoms with Gasteiger partial charge in [0.05, 0.1) is 17.4 Å². The quantitative estimate of drug-likeness (QED) is 0.851. The van der Waals surface area contributed by atoms with Crippen LogP contribution in [0.4, 0.5) is 5.69 Å². The molecule has 2 fully saturated rings. The van der Waals surface area contributed by atoms with Crippen molar-refractivity contribution < 1.29 is 4.79 Å². The van der Waals surface area contributed by atoms with Gasteiger partial charge < -0.3 is 9.80 Å². The zero-order valence-corrected chi connectivity index (χ0v) is 15.0. The summed E-state index contributed by atoms with van der Waals surface area (Å²) in [6, 6.07) is 9.97. The summed E-state index contributed by atoms with van der Waals surface area (Å²) in [4.78, 5) is 17.1. The molecular weight excluding hydrogens is 326 g/mol. The number of aryl methyl sites for hydroxylation is 1. The fraction of sp³-hybridized carbons (Fsp3) is 0.450. The number of carbonyl (C=O) groups excluding carboxylic acids is 1. The molecule has 6 nitrogen and oxygen atoms in total. The molecule has 2 aromatic rings. The van der Waals surface area contributed by atoms with Crippen LogP contribution >= 0.6 is 0 Å². The van der Waals surface area contributed by atoms with Crippen molar-refractivity contribution in [1.29, 1.82) is 5.26 Å². The van der Waals surface area contributed by atoms with E-state index in [-0.39, 0.29) is 11.8 Å². The number of nitriles is 1. The highest BCUT2D eigenvalue weighted by Gasteiger charge is 2.46. The van der Waals surface area contributed by atoms with Gasteiger partial charge >= 0.3 is 0 Å². The first kappa shape index (κ1) is 16.6. The molecule has 2 heterocycles. The van der Waals surface area contributed by atoms with Crippen molar-refractivity contribution in [3.05, 3.63) is 47.8 Å². The standard InChI is InChI=1S/C20H23N5O/c1-23-14-16(13-22-23)17-11-18(17)20(26)25-8-4-7-24(9-10-25)19-6-3-2-5-15(19)12-21/h2-3,5-6,13-14,17-18H,4,7-11H2,1H3/t17-,18-/m0/s1. The second-order valence-corrected chi connectivity index (χ2v) is 7.19. The van der Waals surface area contributed by atoms with Crippen molar-refractivity contribution in [1.82, 2.24) is 14.7 Å². The third kappa shape index (κ3) is 3.17. The van der Waals surface area contributed by atoms with E-state index in [0.717, 1.165) is 44.7 Å². The zero-order chi connectivity index (χ0) is 18.1. The van der Waals surface area contributed by atoms with E-state index in [2.05, 4.69) is 16.1 Å². The van der Waals surface area contributed by atoms with Crippen molar-refractivity contribution in [3.8, 4) is 6.07 Å². The number of nitrogens with zero attached hydrogens (tertiary/aromatic N) is 5. The van der Waals surface area contributed by atoms with E-state index >= 15 is 0 Å². The molecule has 1 aromatic heterocycles. The van der Waals surface area contributed by atoms with Crippen LogP contribution in [0.25, 0.3) is 0 Å². The summed E-state index contributed by atoms with van der Waals surface area (Å²) < 4.78 is 1.80. The van der Waals surface area contributed by atoms with E-state index in [1.807, 2.05) is 48.6 Å². The predicted molar refractivity (Wildman–Crippen MR) is 98.6 cm³/mol. The second kappa shape index (κ2) is 6.83. The first-order valence-corrected chi connectivity index (χ1v) is 9.19. The van der Waals surface area contributed by atoms with Crippen LogP contribution in [0.5, 0.6) is 0 Å². The molecule has 1 aliphatic heterocycles. The van der Waals surface area contributed by atoms with Gasteiger partial charge in [0, 0.05) is 45.3 Å². The molecule has 1 aliphatic carbocycles. The fourth-order valence-corrected chi connectivity index (χ4v) is 3.93. The van der Waals surface area contributed by atoms with E-state index in [0.29, 0.717) is 11.5 Å². The maximum Gasteiger partial charge on any atom is 0.226 e. The molecule has 26 heavy (non-hydrogen) atoms. The van der Waals surface area contributed by atoms with Crippen molar-refractivity contribution in [3.63, 3.8) is 0 Å². The summed E-state index contributed by atoms with van der Waals surface area (Å²) >= 11 is 0. The Balaban J connectivity index is 1.40. The van der Waals surface area contributed by atoms with Crippen LogP contribution in [0.2, 0.25) is 0 Å². The van der Waals surface area contributed by atoms with Crippen molar-refractivity contribution in [2.75, 3.05) is 31.1 Å². The van der Waals surface area contributed by atoms with E-state index in [1.54, 1.807) is 4.68 Å². The first-order valence-electron chi connectivity index (χ1n) is 9.19. The summed E-state index contributed by atoms with van der Waals surface area (Å²) in [7, 11) is 1.91. The van der Waals surface area contributed by atoms with Crippen LogP contribution in [-0.2, 0) is 11.8 Å². The zero-order valence-electron chi connectivity index (χ0n) is 15.0. The molecule has 1 saturated heterocycles. The van der Waals surface area contributed by atoms with Crippen LogP contribution in [-0.4, -0.2) is 46.8 Å². The molecule has 2 aliphatic rings. The largest absolute Gasteiger partial charge is 0.369 e. The number of para-hydroxylation sites is 1. The Labute approximate surface area is 153 Å². The van der Waals surface area contributed by atoms with E-state index in [4.69, 9.17) is 0 Å².